The summed E-state index contributed by atoms with van der Waals surface area (Å²) in [5, 5.41) is 5.54. The second kappa shape index (κ2) is 9.10. The molecule has 0 aromatic heterocycles. The number of anilines is 1. The van der Waals surface area contributed by atoms with Crippen LogP contribution < -0.4 is 16.4 Å². The summed E-state index contributed by atoms with van der Waals surface area (Å²) in [6.45, 7) is 3.81. The molecule has 4 N–H and O–H groups in total. The summed E-state index contributed by atoms with van der Waals surface area (Å²) in [5.74, 6) is -0.101. The average molecular weight is 292 g/mol. The molecule has 0 atom stereocenters. The Morgan fingerprint density at radius 1 is 1.19 bits per heavy atom. The lowest BCUT2D eigenvalue weighted by Crippen LogP contribution is -2.36. The minimum atomic E-state index is -0.0711. The Morgan fingerprint density at radius 2 is 1.86 bits per heavy atom. The van der Waals surface area contributed by atoms with Crippen LogP contribution in [0.25, 0.3) is 0 Å². The van der Waals surface area contributed by atoms with Crippen molar-refractivity contribution < 1.29 is 9.59 Å². The number of nitrogens with two attached hydrogens (primary N) is 1. The summed E-state index contributed by atoms with van der Waals surface area (Å²) in [6, 6.07) is 7.44. The van der Waals surface area contributed by atoms with Gasteiger partial charge in [-0.3, -0.25) is 14.5 Å². The van der Waals surface area contributed by atoms with Crippen molar-refractivity contribution in [3.8, 4) is 0 Å². The van der Waals surface area contributed by atoms with Crippen molar-refractivity contribution in [2.45, 2.75) is 19.9 Å². The van der Waals surface area contributed by atoms with Crippen LogP contribution in [-0.2, 0) is 16.1 Å². The molecule has 0 spiro atoms. The Morgan fingerprint density at radius 3 is 2.43 bits per heavy atom. The molecule has 0 heterocycles. The average Bonchev–Trinajstić information content (AvgIpc) is 2.46. The monoisotopic (exact) mass is 292 g/mol. The second-order valence-corrected chi connectivity index (χ2v) is 4.89. The number of rotatable bonds is 8. The van der Waals surface area contributed by atoms with E-state index in [0.29, 0.717) is 32.6 Å². The lowest BCUT2D eigenvalue weighted by atomic mass is 10.2. The normalized spacial score (nSPS) is 10.5. The van der Waals surface area contributed by atoms with Gasteiger partial charge in [-0.2, -0.15) is 0 Å². The van der Waals surface area contributed by atoms with Gasteiger partial charge < -0.3 is 16.4 Å². The molecule has 6 nitrogen and oxygen atoms in total. The number of hydrogen-bond acceptors (Lipinski definition) is 4. The van der Waals surface area contributed by atoms with E-state index in [1.807, 2.05) is 43.1 Å². The molecule has 0 fully saturated rings. The number of hydrogen-bond donors (Lipinski definition) is 3. The zero-order valence-electron chi connectivity index (χ0n) is 12.7. The van der Waals surface area contributed by atoms with Gasteiger partial charge in [0, 0.05) is 31.7 Å². The van der Waals surface area contributed by atoms with Gasteiger partial charge in [-0.05, 0) is 31.7 Å². The summed E-state index contributed by atoms with van der Waals surface area (Å²) < 4.78 is 0. The summed E-state index contributed by atoms with van der Waals surface area (Å²) >= 11 is 0. The van der Waals surface area contributed by atoms with Crippen LogP contribution in [0.5, 0.6) is 0 Å². The van der Waals surface area contributed by atoms with E-state index in [2.05, 4.69) is 10.6 Å². The molecule has 6 heteroatoms. The summed E-state index contributed by atoms with van der Waals surface area (Å²) in [7, 11) is 1.82. The Bertz CT molecular complexity index is 459. The molecule has 0 aliphatic rings. The van der Waals surface area contributed by atoms with Gasteiger partial charge in [0.2, 0.25) is 11.8 Å². The lowest BCUT2D eigenvalue weighted by molar-refractivity contribution is -0.122. The van der Waals surface area contributed by atoms with E-state index < -0.39 is 0 Å². The Hall–Kier alpha value is -1.92. The quantitative estimate of drug-likeness (QED) is 0.652. The van der Waals surface area contributed by atoms with Crippen LogP contribution in [0.15, 0.2) is 24.3 Å². The first-order chi connectivity index (χ1) is 10.0. The van der Waals surface area contributed by atoms with Crippen molar-refractivity contribution in [3.05, 3.63) is 29.8 Å². The Labute approximate surface area is 125 Å². The van der Waals surface area contributed by atoms with E-state index in [-0.39, 0.29) is 11.8 Å². The summed E-state index contributed by atoms with van der Waals surface area (Å²) in [5.41, 5.74) is 7.29. The maximum absolute atomic E-state index is 11.8. The SMILES string of the molecule is CCNC(=O)CN(C)CCC(=O)Nc1ccc(CN)cc1. The summed E-state index contributed by atoms with van der Waals surface area (Å²) in [4.78, 5) is 25.0. The third kappa shape index (κ3) is 6.87. The van der Waals surface area contributed by atoms with E-state index in [4.69, 9.17) is 5.73 Å². The molecular formula is C15H24N4O2. The van der Waals surface area contributed by atoms with Gasteiger partial charge in [0.1, 0.15) is 0 Å². The van der Waals surface area contributed by atoms with E-state index in [1.165, 1.54) is 0 Å². The number of nitrogens with zero attached hydrogens (tertiary/aromatic N) is 1. The number of benzene rings is 1. The van der Waals surface area contributed by atoms with Crippen LogP contribution in [0.1, 0.15) is 18.9 Å². The number of amides is 2. The van der Waals surface area contributed by atoms with E-state index in [0.717, 1.165) is 11.3 Å². The first kappa shape index (κ1) is 17.1. The van der Waals surface area contributed by atoms with E-state index in [1.54, 1.807) is 0 Å². The van der Waals surface area contributed by atoms with Crippen LogP contribution in [0.4, 0.5) is 5.69 Å². The van der Waals surface area contributed by atoms with Gasteiger partial charge in [0.25, 0.3) is 0 Å². The highest BCUT2D eigenvalue weighted by Gasteiger charge is 2.08. The smallest absolute Gasteiger partial charge is 0.234 e. The second-order valence-electron chi connectivity index (χ2n) is 4.89. The van der Waals surface area contributed by atoms with Gasteiger partial charge in [0.05, 0.1) is 6.54 Å². The van der Waals surface area contributed by atoms with Crippen molar-refractivity contribution in [2.75, 3.05) is 32.0 Å². The highest BCUT2D eigenvalue weighted by molar-refractivity contribution is 5.90. The zero-order valence-corrected chi connectivity index (χ0v) is 12.7. The molecule has 21 heavy (non-hydrogen) atoms. The van der Waals surface area contributed by atoms with Crippen molar-refractivity contribution in [3.63, 3.8) is 0 Å². The van der Waals surface area contributed by atoms with Gasteiger partial charge in [-0.25, -0.2) is 0 Å². The molecular weight excluding hydrogens is 268 g/mol. The third-order valence-corrected chi connectivity index (χ3v) is 2.98. The zero-order chi connectivity index (χ0) is 15.7. The van der Waals surface area contributed by atoms with Crippen LogP contribution in [0, 0.1) is 0 Å². The number of likely N-dealkylation sites (N-methyl/N-ethyl adjacent to an activating group) is 2. The fourth-order valence-corrected chi connectivity index (χ4v) is 1.82. The standard InChI is InChI=1S/C15H24N4O2/c1-3-17-15(21)11-19(2)9-8-14(20)18-13-6-4-12(10-16)5-7-13/h4-7H,3,8-11,16H2,1-2H3,(H,17,21)(H,18,20). The molecule has 0 aliphatic carbocycles. The van der Waals surface area contributed by atoms with Gasteiger partial charge in [-0.15, -0.1) is 0 Å². The molecule has 1 aromatic carbocycles. The van der Waals surface area contributed by atoms with Crippen LogP contribution in [-0.4, -0.2) is 43.4 Å². The van der Waals surface area contributed by atoms with Gasteiger partial charge >= 0.3 is 0 Å². The first-order valence-electron chi connectivity index (χ1n) is 7.09. The Kier molecular flexibility index (Phi) is 7.42. The maximum Gasteiger partial charge on any atom is 0.234 e. The summed E-state index contributed by atoms with van der Waals surface area (Å²) in [6.07, 6.45) is 0.342. The third-order valence-electron chi connectivity index (χ3n) is 2.98. The molecule has 0 aliphatic heterocycles. The fourth-order valence-electron chi connectivity index (χ4n) is 1.82. The molecule has 0 radical (unpaired) electrons. The van der Waals surface area contributed by atoms with Crippen molar-refractivity contribution >= 4 is 17.5 Å². The van der Waals surface area contributed by atoms with Crippen LogP contribution >= 0.6 is 0 Å². The predicted octanol–water partition coefficient (Wildman–Crippen LogP) is 0.542. The molecule has 116 valence electrons. The molecule has 0 saturated heterocycles. The highest BCUT2D eigenvalue weighted by Crippen LogP contribution is 2.09. The van der Waals surface area contributed by atoms with Crippen LogP contribution in [0.3, 0.4) is 0 Å². The lowest BCUT2D eigenvalue weighted by Gasteiger charge is -2.15. The topological polar surface area (TPSA) is 87.5 Å². The van der Waals surface area contributed by atoms with Crippen molar-refractivity contribution in [1.82, 2.24) is 10.2 Å². The van der Waals surface area contributed by atoms with E-state index in [9.17, 15) is 9.59 Å². The molecule has 0 bridgehead atoms. The molecule has 2 amide bonds. The predicted molar refractivity (Wildman–Crippen MR) is 83.8 cm³/mol. The molecule has 0 saturated carbocycles. The van der Waals surface area contributed by atoms with E-state index >= 15 is 0 Å². The maximum atomic E-state index is 11.8. The highest BCUT2D eigenvalue weighted by atomic mass is 16.2. The van der Waals surface area contributed by atoms with Gasteiger partial charge in [-0.1, -0.05) is 12.1 Å². The molecule has 1 aromatic rings. The molecule has 1 rings (SSSR count). The van der Waals surface area contributed by atoms with Crippen LogP contribution in [0.2, 0.25) is 0 Å². The van der Waals surface area contributed by atoms with Crippen molar-refractivity contribution in [2.24, 2.45) is 5.73 Å². The van der Waals surface area contributed by atoms with Crippen molar-refractivity contribution in [1.29, 1.82) is 0 Å². The minimum absolute atomic E-state index is 0.0298. The van der Waals surface area contributed by atoms with Gasteiger partial charge in [0.15, 0.2) is 0 Å². The number of carbonyl (C=O) groups is 2. The first-order valence-corrected chi connectivity index (χ1v) is 7.09. The minimum Gasteiger partial charge on any atom is -0.355 e. The number of nitrogens with one attached hydrogen (secondary N) is 2. The fraction of sp³-hybridized carbons (Fsp3) is 0.467. The Balaban J connectivity index is 2.31. The largest absolute Gasteiger partial charge is 0.355 e. The number of carbonyl (C=O) groups excluding carboxylic acids is 2. The molecule has 0 unspecified atom stereocenters.